The second-order valence-corrected chi connectivity index (χ2v) is 5.55. The van der Waals surface area contributed by atoms with Crippen LogP contribution in [-0.4, -0.2) is 11.8 Å². The van der Waals surface area contributed by atoms with Gasteiger partial charge in [-0.25, -0.2) is 0 Å². The molecule has 3 rings (SSSR count). The summed E-state index contributed by atoms with van der Waals surface area (Å²) in [5, 5.41) is 5.61. The van der Waals surface area contributed by atoms with Gasteiger partial charge in [-0.05, 0) is 29.8 Å². The van der Waals surface area contributed by atoms with Crippen LogP contribution >= 0.6 is 0 Å². The van der Waals surface area contributed by atoms with Crippen molar-refractivity contribution in [3.8, 4) is 0 Å². The Bertz CT molecular complexity index is 780. The van der Waals surface area contributed by atoms with Crippen LogP contribution < -0.4 is 10.6 Å². The molecule has 3 aromatic carbocycles. The number of nitrogens with one attached hydrogen (secondary N) is 2. The molecule has 0 aliphatic heterocycles. The third-order valence-electron chi connectivity index (χ3n) is 3.74. The third kappa shape index (κ3) is 4.32. The summed E-state index contributed by atoms with van der Waals surface area (Å²) in [6, 6.07) is 27.2. The Morgan fingerprint density at radius 2 is 0.920 bits per heavy atom. The minimum absolute atomic E-state index is 0.370. The minimum Gasteiger partial charge on any atom is -0.325 e. The maximum Gasteiger partial charge on any atom is 0.241 e. The topological polar surface area (TPSA) is 58.2 Å². The van der Waals surface area contributed by atoms with Gasteiger partial charge in [0.25, 0.3) is 0 Å². The molecule has 2 amide bonds. The van der Waals surface area contributed by atoms with Crippen molar-refractivity contribution in [1.82, 2.24) is 0 Å². The zero-order valence-corrected chi connectivity index (χ0v) is 13.6. The Kier molecular flexibility index (Phi) is 5.22. The highest BCUT2D eigenvalue weighted by atomic mass is 16.2. The first-order valence-corrected chi connectivity index (χ1v) is 8.01. The number of para-hydroxylation sites is 2. The summed E-state index contributed by atoms with van der Waals surface area (Å²) in [6.07, 6.45) is 0. The normalized spacial score (nSPS) is 10.3. The molecule has 4 nitrogen and oxygen atoms in total. The van der Waals surface area contributed by atoms with Gasteiger partial charge in [0.15, 0.2) is 0 Å². The first kappa shape index (κ1) is 16.5. The molecule has 0 spiro atoms. The van der Waals surface area contributed by atoms with Gasteiger partial charge in [0.1, 0.15) is 5.92 Å². The number of benzene rings is 3. The van der Waals surface area contributed by atoms with Crippen LogP contribution in [0.5, 0.6) is 0 Å². The zero-order valence-electron chi connectivity index (χ0n) is 13.6. The molecule has 0 aliphatic rings. The van der Waals surface area contributed by atoms with E-state index in [2.05, 4.69) is 10.6 Å². The van der Waals surface area contributed by atoms with Crippen LogP contribution in [0.2, 0.25) is 0 Å². The molecular formula is C21H18N2O2. The second kappa shape index (κ2) is 7.93. The minimum atomic E-state index is -0.943. The van der Waals surface area contributed by atoms with Gasteiger partial charge in [-0.15, -0.1) is 0 Å². The number of carbonyl (C=O) groups excluding carboxylic acids is 2. The summed E-state index contributed by atoms with van der Waals surface area (Å²) in [5.74, 6) is -1.68. The van der Waals surface area contributed by atoms with Gasteiger partial charge in [0.05, 0.1) is 0 Å². The number of carbonyl (C=O) groups is 2. The predicted molar refractivity (Wildman–Crippen MR) is 99.3 cm³/mol. The van der Waals surface area contributed by atoms with Crippen molar-refractivity contribution in [3.63, 3.8) is 0 Å². The van der Waals surface area contributed by atoms with Crippen molar-refractivity contribution in [2.45, 2.75) is 5.92 Å². The molecule has 25 heavy (non-hydrogen) atoms. The maximum absolute atomic E-state index is 12.8. The van der Waals surface area contributed by atoms with Gasteiger partial charge in [-0.3, -0.25) is 9.59 Å². The van der Waals surface area contributed by atoms with Crippen molar-refractivity contribution in [2.24, 2.45) is 0 Å². The molecule has 124 valence electrons. The molecule has 0 radical (unpaired) electrons. The fourth-order valence-electron chi connectivity index (χ4n) is 2.54. The molecule has 0 bridgehead atoms. The monoisotopic (exact) mass is 330 g/mol. The first-order chi connectivity index (χ1) is 12.2. The molecular weight excluding hydrogens is 312 g/mol. The molecule has 3 aromatic rings. The van der Waals surface area contributed by atoms with E-state index in [1.54, 1.807) is 36.4 Å². The summed E-state index contributed by atoms with van der Waals surface area (Å²) in [7, 11) is 0. The summed E-state index contributed by atoms with van der Waals surface area (Å²) in [5.41, 5.74) is 1.95. The lowest BCUT2D eigenvalue weighted by atomic mass is 9.97. The van der Waals surface area contributed by atoms with E-state index in [1.165, 1.54) is 0 Å². The molecule has 4 heteroatoms. The second-order valence-electron chi connectivity index (χ2n) is 5.55. The Balaban J connectivity index is 1.85. The summed E-state index contributed by atoms with van der Waals surface area (Å²) < 4.78 is 0. The smallest absolute Gasteiger partial charge is 0.241 e. The Labute approximate surface area is 146 Å². The molecule has 0 aliphatic carbocycles. The van der Waals surface area contributed by atoms with Crippen LogP contribution in [0.25, 0.3) is 0 Å². The quantitative estimate of drug-likeness (QED) is 0.694. The number of rotatable bonds is 5. The highest BCUT2D eigenvalue weighted by Crippen LogP contribution is 2.21. The molecule has 0 heterocycles. The van der Waals surface area contributed by atoms with Gasteiger partial charge in [0.2, 0.25) is 11.8 Å². The van der Waals surface area contributed by atoms with E-state index in [0.717, 1.165) is 0 Å². The Morgan fingerprint density at radius 3 is 1.32 bits per heavy atom. The molecule has 2 N–H and O–H groups in total. The van der Waals surface area contributed by atoms with Gasteiger partial charge in [-0.1, -0.05) is 66.7 Å². The standard InChI is InChI=1S/C21H18N2O2/c24-20(22-17-12-6-2-7-13-17)19(16-10-4-1-5-11-16)21(25)23-18-14-8-3-9-15-18/h1-15,19H,(H,22,24)(H,23,25). The lowest BCUT2D eigenvalue weighted by Gasteiger charge is -2.17. The summed E-state index contributed by atoms with van der Waals surface area (Å²) >= 11 is 0. The van der Waals surface area contributed by atoms with E-state index in [0.29, 0.717) is 16.9 Å². The lowest BCUT2D eigenvalue weighted by molar-refractivity contribution is -0.125. The van der Waals surface area contributed by atoms with Crippen LogP contribution in [0.4, 0.5) is 11.4 Å². The summed E-state index contributed by atoms with van der Waals surface area (Å²) in [6.45, 7) is 0. The molecule has 0 fully saturated rings. The van der Waals surface area contributed by atoms with E-state index >= 15 is 0 Å². The number of hydrogen-bond acceptors (Lipinski definition) is 2. The molecule has 0 aromatic heterocycles. The van der Waals surface area contributed by atoms with Gasteiger partial charge in [0, 0.05) is 11.4 Å². The van der Waals surface area contributed by atoms with Gasteiger partial charge >= 0.3 is 0 Å². The largest absolute Gasteiger partial charge is 0.325 e. The Hall–Kier alpha value is -3.40. The van der Waals surface area contributed by atoms with Crippen molar-refractivity contribution in [1.29, 1.82) is 0 Å². The van der Waals surface area contributed by atoms with E-state index in [1.807, 2.05) is 54.6 Å². The van der Waals surface area contributed by atoms with Crippen molar-refractivity contribution < 1.29 is 9.59 Å². The number of amides is 2. The average molecular weight is 330 g/mol. The highest BCUT2D eigenvalue weighted by Gasteiger charge is 2.28. The number of anilines is 2. The molecule has 0 saturated heterocycles. The lowest BCUT2D eigenvalue weighted by Crippen LogP contribution is -2.32. The van der Waals surface area contributed by atoms with Gasteiger partial charge < -0.3 is 10.6 Å². The fourth-order valence-corrected chi connectivity index (χ4v) is 2.54. The van der Waals surface area contributed by atoms with Crippen LogP contribution in [0.1, 0.15) is 11.5 Å². The molecule has 0 atom stereocenters. The third-order valence-corrected chi connectivity index (χ3v) is 3.74. The average Bonchev–Trinajstić information content (AvgIpc) is 2.64. The van der Waals surface area contributed by atoms with Crippen molar-refractivity contribution >= 4 is 23.2 Å². The van der Waals surface area contributed by atoms with Crippen LogP contribution in [-0.2, 0) is 9.59 Å². The Morgan fingerprint density at radius 1 is 0.560 bits per heavy atom. The number of hydrogen-bond donors (Lipinski definition) is 2. The van der Waals surface area contributed by atoms with Crippen LogP contribution in [0.3, 0.4) is 0 Å². The fraction of sp³-hybridized carbons (Fsp3) is 0.0476. The highest BCUT2D eigenvalue weighted by molar-refractivity contribution is 6.15. The van der Waals surface area contributed by atoms with E-state index < -0.39 is 5.92 Å². The predicted octanol–water partition coefficient (Wildman–Crippen LogP) is 4.05. The SMILES string of the molecule is O=C(Nc1ccccc1)C(C(=O)Nc1ccccc1)c1ccccc1. The van der Waals surface area contributed by atoms with Crippen molar-refractivity contribution in [2.75, 3.05) is 10.6 Å². The zero-order chi connectivity index (χ0) is 17.5. The van der Waals surface area contributed by atoms with E-state index in [9.17, 15) is 9.59 Å². The molecule has 0 unspecified atom stereocenters. The van der Waals surface area contributed by atoms with Crippen LogP contribution in [0.15, 0.2) is 91.0 Å². The maximum atomic E-state index is 12.8. The van der Waals surface area contributed by atoms with Crippen LogP contribution in [0, 0.1) is 0 Å². The first-order valence-electron chi connectivity index (χ1n) is 8.01. The van der Waals surface area contributed by atoms with E-state index in [-0.39, 0.29) is 11.8 Å². The van der Waals surface area contributed by atoms with Crippen molar-refractivity contribution in [3.05, 3.63) is 96.6 Å². The van der Waals surface area contributed by atoms with Gasteiger partial charge in [-0.2, -0.15) is 0 Å². The summed E-state index contributed by atoms with van der Waals surface area (Å²) in [4.78, 5) is 25.5. The van der Waals surface area contributed by atoms with E-state index in [4.69, 9.17) is 0 Å². The molecule has 0 saturated carbocycles.